The van der Waals surface area contributed by atoms with Crippen LogP contribution in [0.15, 0.2) is 52.4 Å². The van der Waals surface area contributed by atoms with E-state index in [0.717, 1.165) is 41.7 Å². The Hall–Kier alpha value is -2.58. The Bertz CT molecular complexity index is 998. The Labute approximate surface area is 185 Å². The second kappa shape index (κ2) is 10.6. The number of aliphatic imine (C=N–C) groups is 1. The van der Waals surface area contributed by atoms with E-state index in [1.165, 1.54) is 0 Å². The van der Waals surface area contributed by atoms with Crippen LogP contribution in [-0.2, 0) is 23.1 Å². The molecular formula is C23H32N4O3S. The summed E-state index contributed by atoms with van der Waals surface area (Å²) in [5.41, 5.74) is 3.17. The summed E-state index contributed by atoms with van der Waals surface area (Å²) in [6, 6.07) is 13.2. The number of sulfonamides is 1. The molecule has 0 amide bonds. The molecule has 0 saturated carbocycles. The van der Waals surface area contributed by atoms with Crippen LogP contribution in [0, 0.1) is 6.92 Å². The van der Waals surface area contributed by atoms with Crippen molar-refractivity contribution in [2.45, 2.75) is 44.2 Å². The molecular weight excluding hydrogens is 412 g/mol. The predicted molar refractivity (Wildman–Crippen MR) is 124 cm³/mol. The van der Waals surface area contributed by atoms with E-state index in [1.54, 1.807) is 30.6 Å². The van der Waals surface area contributed by atoms with E-state index < -0.39 is 10.0 Å². The third-order valence-corrected chi connectivity index (χ3v) is 7.36. The molecule has 7 nitrogen and oxygen atoms in total. The number of hydrogen-bond donors (Lipinski definition) is 2. The maximum atomic E-state index is 12.8. The first-order valence-corrected chi connectivity index (χ1v) is 12.0. The fourth-order valence-electron chi connectivity index (χ4n) is 3.62. The molecule has 0 radical (unpaired) electrons. The molecule has 31 heavy (non-hydrogen) atoms. The zero-order valence-electron chi connectivity index (χ0n) is 18.5. The molecule has 0 bridgehead atoms. The Morgan fingerprint density at radius 1 is 1.03 bits per heavy atom. The van der Waals surface area contributed by atoms with Gasteiger partial charge in [-0.3, -0.25) is 4.99 Å². The fourth-order valence-corrected chi connectivity index (χ4v) is 5.13. The largest absolute Gasteiger partial charge is 0.496 e. The van der Waals surface area contributed by atoms with Crippen molar-refractivity contribution in [1.29, 1.82) is 0 Å². The maximum absolute atomic E-state index is 12.8. The maximum Gasteiger partial charge on any atom is 0.243 e. The van der Waals surface area contributed by atoms with Gasteiger partial charge in [-0.15, -0.1) is 0 Å². The van der Waals surface area contributed by atoms with Gasteiger partial charge >= 0.3 is 0 Å². The topological polar surface area (TPSA) is 83.0 Å². The lowest BCUT2D eigenvalue weighted by Gasteiger charge is -2.25. The van der Waals surface area contributed by atoms with E-state index in [4.69, 9.17) is 4.74 Å². The number of aryl methyl sites for hydroxylation is 1. The van der Waals surface area contributed by atoms with E-state index in [2.05, 4.69) is 21.7 Å². The molecule has 1 heterocycles. The zero-order valence-corrected chi connectivity index (χ0v) is 19.3. The quantitative estimate of drug-likeness (QED) is 0.507. The summed E-state index contributed by atoms with van der Waals surface area (Å²) in [4.78, 5) is 4.61. The smallest absolute Gasteiger partial charge is 0.243 e. The summed E-state index contributed by atoms with van der Waals surface area (Å²) >= 11 is 0. The molecule has 0 aromatic heterocycles. The summed E-state index contributed by atoms with van der Waals surface area (Å²) in [6.07, 6.45) is 2.96. The average Bonchev–Trinajstić information content (AvgIpc) is 2.80. The molecule has 0 atom stereocenters. The summed E-state index contributed by atoms with van der Waals surface area (Å²) in [7, 11) is -0.0133. The Morgan fingerprint density at radius 2 is 1.71 bits per heavy atom. The number of benzene rings is 2. The van der Waals surface area contributed by atoms with Crippen molar-refractivity contribution in [3.05, 3.63) is 59.2 Å². The third-order valence-electron chi connectivity index (χ3n) is 5.45. The van der Waals surface area contributed by atoms with Crippen LogP contribution < -0.4 is 15.4 Å². The second-order valence-electron chi connectivity index (χ2n) is 7.70. The van der Waals surface area contributed by atoms with Crippen LogP contribution in [0.5, 0.6) is 5.75 Å². The molecule has 2 aromatic rings. The van der Waals surface area contributed by atoms with E-state index in [9.17, 15) is 8.42 Å². The van der Waals surface area contributed by atoms with Gasteiger partial charge in [0.15, 0.2) is 5.96 Å². The van der Waals surface area contributed by atoms with Crippen LogP contribution in [0.3, 0.4) is 0 Å². The highest BCUT2D eigenvalue weighted by Gasteiger charge is 2.25. The third kappa shape index (κ3) is 5.98. The average molecular weight is 445 g/mol. The number of nitrogens with one attached hydrogen (secondary N) is 2. The number of guanidine groups is 1. The van der Waals surface area contributed by atoms with Crippen molar-refractivity contribution >= 4 is 16.0 Å². The number of piperidine rings is 1. The molecule has 1 saturated heterocycles. The molecule has 1 aliphatic heterocycles. The van der Waals surface area contributed by atoms with Crippen LogP contribution in [0.1, 0.15) is 36.0 Å². The minimum atomic E-state index is -3.40. The molecule has 0 unspecified atom stereocenters. The number of ether oxygens (including phenoxy) is 1. The SMILES string of the molecule is CN=C(NCc1ccc(S(=O)(=O)N2CCCCC2)cc1)NCc1ccc(C)cc1OC. The Morgan fingerprint density at radius 3 is 2.35 bits per heavy atom. The van der Waals surface area contributed by atoms with Crippen molar-refractivity contribution < 1.29 is 13.2 Å². The van der Waals surface area contributed by atoms with Gasteiger partial charge in [0.25, 0.3) is 0 Å². The lowest BCUT2D eigenvalue weighted by molar-refractivity contribution is 0.346. The number of methoxy groups -OCH3 is 1. The van der Waals surface area contributed by atoms with Crippen molar-refractivity contribution in [3.8, 4) is 5.75 Å². The van der Waals surface area contributed by atoms with E-state index in [1.807, 2.05) is 31.2 Å². The van der Waals surface area contributed by atoms with Gasteiger partial charge in [-0.2, -0.15) is 4.31 Å². The first kappa shape index (κ1) is 23.1. The first-order valence-electron chi connectivity index (χ1n) is 10.6. The summed E-state index contributed by atoms with van der Waals surface area (Å²) < 4.78 is 32.6. The van der Waals surface area contributed by atoms with Gasteiger partial charge in [-0.05, 0) is 49.1 Å². The highest BCUT2D eigenvalue weighted by molar-refractivity contribution is 7.89. The molecule has 1 fully saturated rings. The van der Waals surface area contributed by atoms with Gasteiger partial charge in [0.1, 0.15) is 5.75 Å². The van der Waals surface area contributed by atoms with E-state index >= 15 is 0 Å². The van der Waals surface area contributed by atoms with Crippen molar-refractivity contribution in [3.63, 3.8) is 0 Å². The predicted octanol–water partition coefficient (Wildman–Crippen LogP) is 3.04. The summed E-state index contributed by atoms with van der Waals surface area (Å²) in [5.74, 6) is 1.50. The van der Waals surface area contributed by atoms with E-state index in [0.29, 0.717) is 37.0 Å². The van der Waals surface area contributed by atoms with Gasteiger partial charge in [-0.25, -0.2) is 8.42 Å². The molecule has 2 aromatic carbocycles. The Kier molecular flexibility index (Phi) is 7.92. The van der Waals surface area contributed by atoms with Crippen LogP contribution in [0.2, 0.25) is 0 Å². The fraction of sp³-hybridized carbons (Fsp3) is 0.435. The molecule has 1 aliphatic rings. The molecule has 3 rings (SSSR count). The number of rotatable bonds is 7. The van der Waals surface area contributed by atoms with Gasteiger partial charge in [0, 0.05) is 38.8 Å². The lowest BCUT2D eigenvalue weighted by Crippen LogP contribution is -2.36. The van der Waals surface area contributed by atoms with Crippen LogP contribution >= 0.6 is 0 Å². The minimum absolute atomic E-state index is 0.354. The lowest BCUT2D eigenvalue weighted by atomic mass is 10.1. The summed E-state index contributed by atoms with van der Waals surface area (Å²) in [6.45, 7) is 4.37. The van der Waals surface area contributed by atoms with Crippen LogP contribution in [0.25, 0.3) is 0 Å². The van der Waals surface area contributed by atoms with Gasteiger partial charge in [0.2, 0.25) is 10.0 Å². The molecule has 8 heteroatoms. The first-order chi connectivity index (χ1) is 14.9. The van der Waals surface area contributed by atoms with Crippen molar-refractivity contribution in [2.75, 3.05) is 27.2 Å². The van der Waals surface area contributed by atoms with Gasteiger partial charge in [0.05, 0.1) is 12.0 Å². The summed E-state index contributed by atoms with van der Waals surface area (Å²) in [5, 5.41) is 6.55. The highest BCUT2D eigenvalue weighted by Crippen LogP contribution is 2.21. The number of nitrogens with zero attached hydrogens (tertiary/aromatic N) is 2. The second-order valence-corrected chi connectivity index (χ2v) is 9.64. The van der Waals surface area contributed by atoms with Crippen molar-refractivity contribution in [2.24, 2.45) is 4.99 Å². The highest BCUT2D eigenvalue weighted by atomic mass is 32.2. The minimum Gasteiger partial charge on any atom is -0.496 e. The van der Waals surface area contributed by atoms with Gasteiger partial charge < -0.3 is 15.4 Å². The molecule has 0 spiro atoms. The monoisotopic (exact) mass is 444 g/mol. The normalized spacial score (nSPS) is 15.5. The molecule has 168 valence electrons. The van der Waals surface area contributed by atoms with Crippen LogP contribution in [-0.4, -0.2) is 45.9 Å². The number of hydrogen-bond acceptors (Lipinski definition) is 4. The Balaban J connectivity index is 1.56. The van der Waals surface area contributed by atoms with Crippen molar-refractivity contribution in [1.82, 2.24) is 14.9 Å². The van der Waals surface area contributed by atoms with Crippen LogP contribution in [0.4, 0.5) is 0 Å². The molecule has 0 aliphatic carbocycles. The zero-order chi connectivity index (χ0) is 22.3. The molecule has 2 N–H and O–H groups in total. The van der Waals surface area contributed by atoms with E-state index in [-0.39, 0.29) is 0 Å². The standard InChI is InChI=1S/C23H32N4O3S/c1-18-7-10-20(22(15-18)30-3)17-26-23(24-2)25-16-19-8-11-21(12-9-19)31(28,29)27-13-5-4-6-14-27/h7-12,15H,4-6,13-14,16-17H2,1-3H3,(H2,24,25,26). The van der Waals surface area contributed by atoms with Gasteiger partial charge in [-0.1, -0.05) is 30.7 Å².